The first-order valence-electron chi connectivity index (χ1n) is 6.15. The molecule has 0 amide bonds. The maximum Gasteiger partial charge on any atom is 0.0683 e. The van der Waals surface area contributed by atoms with Gasteiger partial charge in [-0.2, -0.15) is 0 Å². The molecule has 1 saturated heterocycles. The van der Waals surface area contributed by atoms with Crippen molar-refractivity contribution in [1.82, 2.24) is 5.32 Å². The molecule has 94 valence electrons. The van der Waals surface area contributed by atoms with Crippen molar-refractivity contribution in [3.8, 4) is 0 Å². The quantitative estimate of drug-likeness (QED) is 0.881. The van der Waals surface area contributed by atoms with E-state index in [0.29, 0.717) is 6.54 Å². The fraction of sp³-hybridized carbons (Fsp3) is 0.357. The number of hydrogen-bond donors (Lipinski definition) is 2. The van der Waals surface area contributed by atoms with Crippen LogP contribution in [0.4, 0.5) is 0 Å². The molecule has 2 heterocycles. The van der Waals surface area contributed by atoms with Crippen molar-refractivity contribution in [3.63, 3.8) is 0 Å². The smallest absolute Gasteiger partial charge is 0.0683 e. The van der Waals surface area contributed by atoms with Gasteiger partial charge in [0.25, 0.3) is 0 Å². The van der Waals surface area contributed by atoms with Gasteiger partial charge < -0.3 is 10.4 Å². The molecule has 2 N–H and O–H groups in total. The first-order chi connectivity index (χ1) is 8.72. The highest BCUT2D eigenvalue weighted by Crippen LogP contribution is 2.27. The van der Waals surface area contributed by atoms with E-state index in [-0.39, 0.29) is 12.1 Å². The number of rotatable bonds is 2. The van der Waals surface area contributed by atoms with Gasteiger partial charge in [0.1, 0.15) is 0 Å². The highest BCUT2D eigenvalue weighted by molar-refractivity contribution is 9.10. The predicted molar refractivity (Wildman–Crippen MR) is 76.6 cm³/mol. The Balaban J connectivity index is 1.68. The van der Waals surface area contributed by atoms with Crippen LogP contribution in [-0.2, 0) is 0 Å². The first-order valence-corrected chi connectivity index (χ1v) is 6.94. The van der Waals surface area contributed by atoms with E-state index in [0.717, 1.165) is 23.0 Å². The third-order valence-electron chi connectivity index (χ3n) is 3.48. The van der Waals surface area contributed by atoms with Gasteiger partial charge in [0.2, 0.25) is 0 Å². The molecule has 3 rings (SSSR count). The van der Waals surface area contributed by atoms with Crippen molar-refractivity contribution in [2.75, 3.05) is 6.54 Å². The zero-order chi connectivity index (χ0) is 12.5. The van der Waals surface area contributed by atoms with Crippen LogP contribution in [0, 0.1) is 0 Å². The van der Waals surface area contributed by atoms with Crippen molar-refractivity contribution < 1.29 is 5.11 Å². The average Bonchev–Trinajstić information content (AvgIpc) is 2.98. The van der Waals surface area contributed by atoms with Gasteiger partial charge in [-0.05, 0) is 29.7 Å². The van der Waals surface area contributed by atoms with Crippen LogP contribution in [0.15, 0.2) is 39.9 Å². The number of benzene rings is 1. The van der Waals surface area contributed by atoms with Crippen LogP contribution in [-0.4, -0.2) is 29.5 Å². The summed E-state index contributed by atoms with van der Waals surface area (Å²) in [4.78, 5) is 4.50. The fourth-order valence-electron chi connectivity index (χ4n) is 2.47. The fourth-order valence-corrected chi connectivity index (χ4v) is 2.74. The second-order valence-corrected chi connectivity index (χ2v) is 5.72. The van der Waals surface area contributed by atoms with Crippen molar-refractivity contribution in [2.24, 2.45) is 4.99 Å². The molecule has 2 atom stereocenters. The molecule has 1 aromatic carbocycles. The number of hydrogen-bond acceptors (Lipinski definition) is 3. The summed E-state index contributed by atoms with van der Waals surface area (Å²) in [6, 6.07) is 8.54. The van der Waals surface area contributed by atoms with E-state index in [2.05, 4.69) is 38.4 Å². The Bertz CT molecular complexity index is 507. The van der Waals surface area contributed by atoms with Crippen molar-refractivity contribution in [2.45, 2.75) is 25.0 Å². The maximum absolute atomic E-state index is 9.53. The van der Waals surface area contributed by atoms with Crippen LogP contribution in [0.5, 0.6) is 0 Å². The average molecular weight is 307 g/mol. The van der Waals surface area contributed by atoms with E-state index >= 15 is 0 Å². The highest BCUT2D eigenvalue weighted by atomic mass is 79.9. The number of aliphatic imine (C=N–C) groups is 1. The van der Waals surface area contributed by atoms with Crippen LogP contribution in [0.25, 0.3) is 5.57 Å². The zero-order valence-corrected chi connectivity index (χ0v) is 11.5. The summed E-state index contributed by atoms with van der Waals surface area (Å²) >= 11 is 3.44. The SMILES string of the molecule is OC1CN[C@H](C2=NC=C(c3ccc(Br)cc3)C2)C1. The highest BCUT2D eigenvalue weighted by Gasteiger charge is 2.28. The number of aliphatic hydroxyl groups excluding tert-OH is 1. The summed E-state index contributed by atoms with van der Waals surface area (Å²) < 4.78 is 1.09. The number of nitrogens with zero attached hydrogens (tertiary/aromatic N) is 1. The Hall–Kier alpha value is -0.970. The van der Waals surface area contributed by atoms with E-state index in [9.17, 15) is 5.11 Å². The third-order valence-corrected chi connectivity index (χ3v) is 4.01. The van der Waals surface area contributed by atoms with Crippen LogP contribution < -0.4 is 5.32 Å². The number of aliphatic hydroxyl groups is 1. The van der Waals surface area contributed by atoms with E-state index in [1.807, 2.05) is 18.3 Å². The molecule has 0 spiro atoms. The number of nitrogens with one attached hydrogen (secondary N) is 1. The van der Waals surface area contributed by atoms with E-state index in [1.54, 1.807) is 0 Å². The topological polar surface area (TPSA) is 44.6 Å². The molecule has 1 aromatic rings. The molecule has 2 aliphatic heterocycles. The van der Waals surface area contributed by atoms with E-state index < -0.39 is 0 Å². The molecule has 3 nitrogen and oxygen atoms in total. The normalized spacial score (nSPS) is 27.2. The zero-order valence-electron chi connectivity index (χ0n) is 9.94. The summed E-state index contributed by atoms with van der Waals surface area (Å²) in [5.74, 6) is 0. The van der Waals surface area contributed by atoms with Gasteiger partial charge in [0, 0.05) is 35.4 Å². The first kappa shape index (κ1) is 12.1. The predicted octanol–water partition coefficient (Wildman–Crippen LogP) is 2.36. The van der Waals surface area contributed by atoms with Crippen LogP contribution in [0.2, 0.25) is 0 Å². The summed E-state index contributed by atoms with van der Waals surface area (Å²) in [5, 5.41) is 12.8. The van der Waals surface area contributed by atoms with Gasteiger partial charge in [-0.3, -0.25) is 4.99 Å². The molecule has 1 fully saturated rings. The molecule has 0 saturated carbocycles. The van der Waals surface area contributed by atoms with Crippen molar-refractivity contribution >= 4 is 27.2 Å². The summed E-state index contributed by atoms with van der Waals surface area (Å²) in [6.45, 7) is 0.678. The second-order valence-electron chi connectivity index (χ2n) is 4.81. The Morgan fingerprint density at radius 3 is 2.72 bits per heavy atom. The lowest BCUT2D eigenvalue weighted by atomic mass is 9.99. The molecule has 18 heavy (non-hydrogen) atoms. The molecule has 4 heteroatoms. The summed E-state index contributed by atoms with van der Waals surface area (Å²) in [7, 11) is 0. The van der Waals surface area contributed by atoms with Crippen molar-refractivity contribution in [1.29, 1.82) is 0 Å². The molecule has 0 radical (unpaired) electrons. The van der Waals surface area contributed by atoms with Crippen LogP contribution in [0.1, 0.15) is 18.4 Å². The van der Waals surface area contributed by atoms with Crippen LogP contribution in [0.3, 0.4) is 0 Å². The molecular weight excluding hydrogens is 292 g/mol. The molecule has 0 aliphatic carbocycles. The van der Waals surface area contributed by atoms with E-state index in [1.165, 1.54) is 11.1 Å². The maximum atomic E-state index is 9.53. The molecule has 2 aliphatic rings. The second kappa shape index (κ2) is 4.96. The Morgan fingerprint density at radius 1 is 1.28 bits per heavy atom. The molecule has 0 aromatic heterocycles. The minimum atomic E-state index is -0.227. The Morgan fingerprint density at radius 2 is 2.06 bits per heavy atom. The number of allylic oxidation sites excluding steroid dienone is 1. The lowest BCUT2D eigenvalue weighted by Gasteiger charge is -2.10. The van der Waals surface area contributed by atoms with Gasteiger partial charge in [-0.1, -0.05) is 28.1 Å². The van der Waals surface area contributed by atoms with Crippen molar-refractivity contribution in [3.05, 3.63) is 40.5 Å². The molecule has 0 bridgehead atoms. The lowest BCUT2D eigenvalue weighted by Crippen LogP contribution is -2.29. The number of β-amino-alcohol motifs (C(OH)–C–C–N with tert-alkyl or cyclic N) is 1. The molecule has 1 unspecified atom stereocenters. The Labute approximate surface area is 115 Å². The van der Waals surface area contributed by atoms with Gasteiger partial charge in [0.05, 0.1) is 6.10 Å². The van der Waals surface area contributed by atoms with Gasteiger partial charge in [-0.15, -0.1) is 0 Å². The monoisotopic (exact) mass is 306 g/mol. The molecular formula is C14H15BrN2O. The standard InChI is InChI=1S/C14H15BrN2O/c15-11-3-1-9(2-4-11)10-5-13(16-7-10)14-6-12(18)8-17-14/h1-4,7,12,14,17-18H,5-6,8H2/t12?,14-/m0/s1. The van der Waals surface area contributed by atoms with Gasteiger partial charge in [-0.25, -0.2) is 0 Å². The number of halogens is 1. The van der Waals surface area contributed by atoms with Crippen LogP contribution >= 0.6 is 15.9 Å². The largest absolute Gasteiger partial charge is 0.392 e. The van der Waals surface area contributed by atoms with E-state index in [4.69, 9.17) is 0 Å². The summed E-state index contributed by atoms with van der Waals surface area (Å²) in [6.07, 6.45) is 3.38. The third kappa shape index (κ3) is 2.41. The van der Waals surface area contributed by atoms with Gasteiger partial charge in [0.15, 0.2) is 0 Å². The minimum absolute atomic E-state index is 0.227. The Kier molecular flexibility index (Phi) is 3.33. The lowest BCUT2D eigenvalue weighted by molar-refractivity contribution is 0.195. The minimum Gasteiger partial charge on any atom is -0.392 e. The van der Waals surface area contributed by atoms with Gasteiger partial charge >= 0.3 is 0 Å². The summed E-state index contributed by atoms with van der Waals surface area (Å²) in [5.41, 5.74) is 3.61.